The van der Waals surface area contributed by atoms with E-state index in [0.717, 1.165) is 56.6 Å². The summed E-state index contributed by atoms with van der Waals surface area (Å²) in [7, 11) is 0. The molecule has 3 heteroatoms. The largest absolute Gasteiger partial charge is 0.381 e. The van der Waals surface area contributed by atoms with Crippen LogP contribution in [-0.2, 0) is 9.53 Å². The molecule has 2 heterocycles. The summed E-state index contributed by atoms with van der Waals surface area (Å²) in [5.41, 5.74) is 1.08. The molecule has 2 aliphatic heterocycles. The summed E-state index contributed by atoms with van der Waals surface area (Å²) in [6.07, 6.45) is 10.3. The minimum Gasteiger partial charge on any atom is -0.381 e. The van der Waals surface area contributed by atoms with Gasteiger partial charge in [0.1, 0.15) is 0 Å². The minimum absolute atomic E-state index is 0.328. The molecule has 0 saturated carbocycles. The molecule has 0 aromatic heterocycles. The predicted molar refractivity (Wildman–Crippen MR) is 74.8 cm³/mol. The van der Waals surface area contributed by atoms with Crippen molar-refractivity contribution in [3.05, 3.63) is 11.6 Å². The summed E-state index contributed by atoms with van der Waals surface area (Å²) >= 11 is 0. The molecule has 0 bridgehead atoms. The van der Waals surface area contributed by atoms with Gasteiger partial charge < -0.3 is 9.64 Å². The zero-order valence-corrected chi connectivity index (χ0v) is 11.8. The molecule has 2 fully saturated rings. The van der Waals surface area contributed by atoms with E-state index in [2.05, 4.69) is 11.0 Å². The summed E-state index contributed by atoms with van der Waals surface area (Å²) in [5.74, 6) is 1.83. The van der Waals surface area contributed by atoms with Crippen molar-refractivity contribution in [2.75, 3.05) is 26.3 Å². The maximum Gasteiger partial charge on any atom is 0.249 e. The Hall–Kier alpha value is -0.830. The van der Waals surface area contributed by atoms with Gasteiger partial charge in [0.05, 0.1) is 0 Å². The van der Waals surface area contributed by atoms with E-state index in [1.54, 1.807) is 0 Å². The van der Waals surface area contributed by atoms with Gasteiger partial charge in [-0.3, -0.25) is 4.79 Å². The predicted octanol–water partition coefficient (Wildman–Crippen LogP) is 2.76. The molecule has 1 unspecified atom stereocenters. The zero-order chi connectivity index (χ0) is 13.1. The molecule has 0 N–H and O–H groups in total. The molecule has 3 aliphatic rings. The Bertz CT molecular complexity index is 358. The lowest BCUT2D eigenvalue weighted by Crippen LogP contribution is -2.32. The van der Waals surface area contributed by atoms with Gasteiger partial charge in [0.2, 0.25) is 5.91 Å². The highest BCUT2D eigenvalue weighted by atomic mass is 16.5. The fraction of sp³-hybridized carbons (Fsp3) is 0.812. The van der Waals surface area contributed by atoms with Crippen molar-refractivity contribution in [3.8, 4) is 0 Å². The highest BCUT2D eigenvalue weighted by Gasteiger charge is 2.33. The van der Waals surface area contributed by atoms with Gasteiger partial charge in [0.15, 0.2) is 0 Å². The fourth-order valence-electron chi connectivity index (χ4n) is 3.78. The van der Waals surface area contributed by atoms with Crippen LogP contribution in [0.4, 0.5) is 0 Å². The van der Waals surface area contributed by atoms with Gasteiger partial charge in [-0.2, -0.15) is 0 Å². The number of allylic oxidation sites excluding steroid dienone is 1. The Morgan fingerprint density at radius 3 is 2.74 bits per heavy atom. The summed E-state index contributed by atoms with van der Waals surface area (Å²) in [4.78, 5) is 14.6. The number of ether oxygens (including phenoxy) is 1. The number of carbonyl (C=O) groups excluding carboxylic acids is 1. The van der Waals surface area contributed by atoms with E-state index < -0.39 is 0 Å². The van der Waals surface area contributed by atoms with Crippen molar-refractivity contribution in [2.45, 2.75) is 44.9 Å². The zero-order valence-electron chi connectivity index (χ0n) is 11.8. The van der Waals surface area contributed by atoms with Gasteiger partial charge in [0.25, 0.3) is 0 Å². The lowest BCUT2D eigenvalue weighted by atomic mass is 9.85. The van der Waals surface area contributed by atoms with Crippen LogP contribution in [0.3, 0.4) is 0 Å². The van der Waals surface area contributed by atoms with Crippen LogP contribution in [0.1, 0.15) is 44.9 Å². The number of hydrogen-bond donors (Lipinski definition) is 0. The number of likely N-dealkylation sites (tertiary alicyclic amines) is 1. The number of amides is 1. The van der Waals surface area contributed by atoms with Crippen LogP contribution in [0.2, 0.25) is 0 Å². The average molecular weight is 263 g/mol. The highest BCUT2D eigenvalue weighted by molar-refractivity contribution is 5.93. The first kappa shape index (κ1) is 13.2. The molecule has 106 valence electrons. The first-order valence-electron chi connectivity index (χ1n) is 7.90. The second-order valence-corrected chi connectivity index (χ2v) is 6.22. The molecule has 3 nitrogen and oxygen atoms in total. The van der Waals surface area contributed by atoms with Crippen molar-refractivity contribution in [3.63, 3.8) is 0 Å². The summed E-state index contributed by atoms with van der Waals surface area (Å²) in [5, 5.41) is 0. The number of nitrogens with zero attached hydrogens (tertiary/aromatic N) is 1. The number of rotatable bonds is 2. The van der Waals surface area contributed by atoms with Gasteiger partial charge in [-0.25, -0.2) is 0 Å². The Morgan fingerprint density at radius 1 is 1.16 bits per heavy atom. The molecular weight excluding hydrogens is 238 g/mol. The molecule has 1 aliphatic carbocycles. The van der Waals surface area contributed by atoms with E-state index >= 15 is 0 Å². The van der Waals surface area contributed by atoms with Crippen LogP contribution in [0.25, 0.3) is 0 Å². The summed E-state index contributed by atoms with van der Waals surface area (Å²) < 4.78 is 5.44. The van der Waals surface area contributed by atoms with Crippen LogP contribution in [0.15, 0.2) is 11.6 Å². The molecule has 0 aromatic rings. The van der Waals surface area contributed by atoms with Gasteiger partial charge in [-0.15, -0.1) is 0 Å². The number of carbonyl (C=O) groups is 1. The smallest absolute Gasteiger partial charge is 0.249 e. The SMILES string of the molecule is O=C(C1=CCCCC1)N1CCC(C2CCOCC2)C1. The van der Waals surface area contributed by atoms with Crippen LogP contribution in [-0.4, -0.2) is 37.1 Å². The third-order valence-electron chi connectivity index (χ3n) is 5.01. The normalized spacial score (nSPS) is 29.4. The second-order valence-electron chi connectivity index (χ2n) is 6.22. The van der Waals surface area contributed by atoms with Crippen LogP contribution < -0.4 is 0 Å². The van der Waals surface area contributed by atoms with Gasteiger partial charge in [0, 0.05) is 31.9 Å². The maximum absolute atomic E-state index is 12.5. The van der Waals surface area contributed by atoms with Crippen molar-refractivity contribution < 1.29 is 9.53 Å². The topological polar surface area (TPSA) is 29.5 Å². The molecule has 0 radical (unpaired) electrons. The molecule has 0 aromatic carbocycles. The minimum atomic E-state index is 0.328. The third kappa shape index (κ3) is 3.02. The van der Waals surface area contributed by atoms with Crippen molar-refractivity contribution >= 4 is 5.91 Å². The molecule has 3 rings (SSSR count). The Kier molecular flexibility index (Phi) is 4.21. The summed E-state index contributed by atoms with van der Waals surface area (Å²) in [6, 6.07) is 0. The van der Waals surface area contributed by atoms with Crippen LogP contribution >= 0.6 is 0 Å². The molecule has 2 saturated heterocycles. The van der Waals surface area contributed by atoms with E-state index in [1.807, 2.05) is 0 Å². The Morgan fingerprint density at radius 2 is 2.00 bits per heavy atom. The fourth-order valence-corrected chi connectivity index (χ4v) is 3.78. The van der Waals surface area contributed by atoms with Gasteiger partial charge in [-0.05, 0) is 56.8 Å². The Balaban J connectivity index is 1.55. The quantitative estimate of drug-likeness (QED) is 0.766. The van der Waals surface area contributed by atoms with Crippen LogP contribution in [0, 0.1) is 11.8 Å². The van der Waals surface area contributed by atoms with E-state index in [0.29, 0.717) is 5.91 Å². The van der Waals surface area contributed by atoms with Gasteiger partial charge >= 0.3 is 0 Å². The molecule has 1 atom stereocenters. The van der Waals surface area contributed by atoms with E-state index in [1.165, 1.54) is 32.1 Å². The molecule has 1 amide bonds. The lowest BCUT2D eigenvalue weighted by molar-refractivity contribution is -0.126. The third-order valence-corrected chi connectivity index (χ3v) is 5.01. The Labute approximate surface area is 116 Å². The maximum atomic E-state index is 12.5. The summed E-state index contributed by atoms with van der Waals surface area (Å²) in [6.45, 7) is 3.79. The molecular formula is C16H25NO2. The monoisotopic (exact) mass is 263 g/mol. The number of hydrogen-bond acceptors (Lipinski definition) is 2. The average Bonchev–Trinajstić information content (AvgIpc) is 2.98. The first-order valence-corrected chi connectivity index (χ1v) is 7.90. The van der Waals surface area contributed by atoms with Crippen LogP contribution in [0.5, 0.6) is 0 Å². The van der Waals surface area contributed by atoms with Gasteiger partial charge in [-0.1, -0.05) is 6.08 Å². The molecule has 19 heavy (non-hydrogen) atoms. The molecule has 0 spiro atoms. The van der Waals surface area contributed by atoms with Crippen molar-refractivity contribution in [2.24, 2.45) is 11.8 Å². The van der Waals surface area contributed by atoms with E-state index in [9.17, 15) is 4.79 Å². The van der Waals surface area contributed by atoms with E-state index in [-0.39, 0.29) is 0 Å². The highest BCUT2D eigenvalue weighted by Crippen LogP contribution is 2.32. The van der Waals surface area contributed by atoms with Crippen molar-refractivity contribution in [1.29, 1.82) is 0 Å². The second kappa shape index (κ2) is 6.08. The van der Waals surface area contributed by atoms with E-state index in [4.69, 9.17) is 4.74 Å². The van der Waals surface area contributed by atoms with Crippen molar-refractivity contribution in [1.82, 2.24) is 4.90 Å². The lowest BCUT2D eigenvalue weighted by Gasteiger charge is -2.28. The standard InChI is InChI=1S/C16H25NO2/c18-16(14-4-2-1-3-5-14)17-9-6-15(12-17)13-7-10-19-11-8-13/h4,13,15H,1-3,5-12H2. The first-order chi connectivity index (χ1) is 9.34.